The van der Waals surface area contributed by atoms with Crippen molar-refractivity contribution in [2.45, 2.75) is 57.5 Å². The zero-order chi connectivity index (χ0) is 19.6. The van der Waals surface area contributed by atoms with E-state index in [-0.39, 0.29) is 0 Å². The number of nitrogens with two attached hydrogens (primary N) is 1. The molecule has 1 saturated heterocycles. The Morgan fingerprint density at radius 1 is 1.07 bits per heavy atom. The highest BCUT2D eigenvalue weighted by molar-refractivity contribution is 7.12. The zero-order valence-electron chi connectivity index (χ0n) is 17.0. The van der Waals surface area contributed by atoms with Crippen molar-refractivity contribution >= 4 is 22.9 Å². The third kappa shape index (κ3) is 4.12. The second-order valence-corrected chi connectivity index (χ2v) is 9.68. The largest absolute Gasteiger partial charge is 0.399 e. The minimum absolute atomic E-state index is 0.415. The molecule has 0 saturated carbocycles. The molecule has 0 spiro atoms. The molecule has 0 atom stereocenters. The highest BCUT2D eigenvalue weighted by atomic mass is 32.1. The van der Waals surface area contributed by atoms with Gasteiger partial charge in [-0.1, -0.05) is 18.2 Å². The van der Waals surface area contributed by atoms with Gasteiger partial charge in [0.05, 0.1) is 6.04 Å². The number of thiophene rings is 1. The summed E-state index contributed by atoms with van der Waals surface area (Å²) in [6.07, 6.45) is 12.8. The molecule has 5 rings (SSSR count). The number of piperidine rings is 1. The second-order valence-electron chi connectivity index (χ2n) is 8.49. The van der Waals surface area contributed by atoms with E-state index in [4.69, 9.17) is 10.7 Å². The Balaban J connectivity index is 1.29. The van der Waals surface area contributed by atoms with Gasteiger partial charge in [-0.25, -0.2) is 0 Å². The first-order valence-corrected chi connectivity index (χ1v) is 11.8. The van der Waals surface area contributed by atoms with Gasteiger partial charge in [0.25, 0.3) is 0 Å². The van der Waals surface area contributed by atoms with E-state index in [0.29, 0.717) is 6.04 Å². The van der Waals surface area contributed by atoms with E-state index in [0.717, 1.165) is 50.4 Å². The summed E-state index contributed by atoms with van der Waals surface area (Å²) in [4.78, 5) is 10.9. The molecule has 1 aromatic carbocycles. The summed E-state index contributed by atoms with van der Waals surface area (Å²) >= 11 is 2.03. The lowest BCUT2D eigenvalue weighted by Crippen LogP contribution is -2.36. The third-order valence-electron chi connectivity index (χ3n) is 6.38. The number of amidine groups is 1. The molecule has 2 aliphatic heterocycles. The number of nitrogen functional groups attached to an aromatic ring is 1. The van der Waals surface area contributed by atoms with E-state index in [1.807, 2.05) is 23.5 Å². The van der Waals surface area contributed by atoms with Crippen LogP contribution >= 0.6 is 11.3 Å². The number of nitrogens with zero attached hydrogens (tertiary/aromatic N) is 2. The number of likely N-dealkylation sites (tertiary alicyclic amines) is 1. The summed E-state index contributed by atoms with van der Waals surface area (Å²) in [5.74, 6) is 1.13. The van der Waals surface area contributed by atoms with Crippen LogP contribution in [0.5, 0.6) is 0 Å². The quantitative estimate of drug-likeness (QED) is 0.748. The molecule has 3 N–H and O–H groups in total. The minimum atomic E-state index is 0.415. The van der Waals surface area contributed by atoms with Crippen molar-refractivity contribution in [3.05, 3.63) is 63.0 Å². The molecule has 2 aromatic rings. The van der Waals surface area contributed by atoms with Crippen LogP contribution in [-0.4, -0.2) is 29.9 Å². The molecule has 1 aliphatic carbocycles. The number of allylic oxidation sites excluding steroid dienone is 1. The third-order valence-corrected chi connectivity index (χ3v) is 7.69. The lowest BCUT2D eigenvalue weighted by molar-refractivity contribution is 0.206. The molecule has 0 amide bonds. The Bertz CT molecular complexity index is 917. The lowest BCUT2D eigenvalue weighted by atomic mass is 9.94. The number of nitrogens with one attached hydrogen (secondary N) is 1. The molecule has 152 valence electrons. The van der Waals surface area contributed by atoms with E-state index in [1.54, 1.807) is 10.4 Å². The highest BCUT2D eigenvalue weighted by Gasteiger charge is 2.26. The predicted octanol–water partition coefficient (Wildman–Crippen LogP) is 4.28. The zero-order valence-corrected chi connectivity index (χ0v) is 17.8. The Morgan fingerprint density at radius 3 is 2.69 bits per heavy atom. The van der Waals surface area contributed by atoms with Crippen LogP contribution in [0.2, 0.25) is 0 Å². The Hall–Kier alpha value is -2.11. The summed E-state index contributed by atoms with van der Waals surface area (Å²) in [7, 11) is 0. The number of aryl methyl sites for hydroxylation is 1. The van der Waals surface area contributed by atoms with Crippen molar-refractivity contribution in [2.24, 2.45) is 4.99 Å². The van der Waals surface area contributed by atoms with Crippen LogP contribution < -0.4 is 11.1 Å². The maximum Gasteiger partial charge on any atom is 0.133 e. The number of hydrogen-bond acceptors (Lipinski definition) is 4. The normalized spacial score (nSPS) is 21.4. The monoisotopic (exact) mass is 406 g/mol. The van der Waals surface area contributed by atoms with Gasteiger partial charge in [0.15, 0.2) is 0 Å². The molecule has 4 nitrogen and oxygen atoms in total. The topological polar surface area (TPSA) is 53.6 Å². The fourth-order valence-electron chi connectivity index (χ4n) is 4.79. The standard InChI is InChI=1S/C24H30N4S/c25-18-9-7-17(8-10-18)16-28-14-11-19(12-15-28)27-24-23-20-4-1-2-5-21(20)29-22(23)6-3-13-26-24/h3,7-10,13,19H,1-2,4-6,11-12,14-16,25H2,(H,26,27). The van der Waals surface area contributed by atoms with Crippen LogP contribution in [0.4, 0.5) is 5.69 Å². The van der Waals surface area contributed by atoms with E-state index in [9.17, 15) is 0 Å². The van der Waals surface area contributed by atoms with Crippen LogP contribution in [0, 0.1) is 0 Å². The first kappa shape index (κ1) is 18.9. The van der Waals surface area contributed by atoms with Crippen molar-refractivity contribution in [1.29, 1.82) is 0 Å². The fraction of sp³-hybridized carbons (Fsp3) is 0.458. The van der Waals surface area contributed by atoms with Crippen LogP contribution in [-0.2, 0) is 25.8 Å². The Morgan fingerprint density at radius 2 is 1.86 bits per heavy atom. The van der Waals surface area contributed by atoms with Crippen molar-refractivity contribution < 1.29 is 0 Å². The number of rotatable bonds is 3. The average molecular weight is 407 g/mol. The second kappa shape index (κ2) is 8.33. The minimum Gasteiger partial charge on any atom is -0.399 e. The van der Waals surface area contributed by atoms with Crippen molar-refractivity contribution in [1.82, 2.24) is 10.2 Å². The van der Waals surface area contributed by atoms with Crippen LogP contribution in [0.25, 0.3) is 0 Å². The molecule has 0 unspecified atom stereocenters. The molecule has 1 aromatic heterocycles. The smallest absolute Gasteiger partial charge is 0.133 e. The van der Waals surface area contributed by atoms with Crippen molar-refractivity contribution in [3.63, 3.8) is 0 Å². The Labute approximate surface area is 177 Å². The van der Waals surface area contributed by atoms with Gasteiger partial charge in [0, 0.05) is 47.1 Å². The molecular weight excluding hydrogens is 376 g/mol. The van der Waals surface area contributed by atoms with Gasteiger partial charge in [0.2, 0.25) is 0 Å². The van der Waals surface area contributed by atoms with Crippen LogP contribution in [0.1, 0.15) is 52.1 Å². The van der Waals surface area contributed by atoms with E-state index >= 15 is 0 Å². The average Bonchev–Trinajstić information content (AvgIpc) is 3.00. The summed E-state index contributed by atoms with van der Waals surface area (Å²) in [6.45, 7) is 3.22. The molecule has 1 fully saturated rings. The predicted molar refractivity (Wildman–Crippen MR) is 123 cm³/mol. The van der Waals surface area contributed by atoms with Crippen LogP contribution in [0.3, 0.4) is 0 Å². The molecule has 3 heterocycles. The fourth-order valence-corrected chi connectivity index (χ4v) is 6.16. The van der Waals surface area contributed by atoms with Crippen LogP contribution in [0.15, 0.2) is 41.5 Å². The molecular formula is C24H30N4S. The van der Waals surface area contributed by atoms with E-state index in [2.05, 4.69) is 34.6 Å². The molecule has 0 bridgehead atoms. The van der Waals surface area contributed by atoms with Gasteiger partial charge in [0.1, 0.15) is 5.84 Å². The van der Waals surface area contributed by atoms with Crippen molar-refractivity contribution in [2.75, 3.05) is 18.8 Å². The number of hydrogen-bond donors (Lipinski definition) is 2. The summed E-state index contributed by atoms with van der Waals surface area (Å²) < 4.78 is 0. The summed E-state index contributed by atoms with van der Waals surface area (Å²) in [5, 5.41) is 3.53. The van der Waals surface area contributed by atoms with Gasteiger partial charge in [-0.05, 0) is 68.0 Å². The van der Waals surface area contributed by atoms with Gasteiger partial charge in [-0.2, -0.15) is 0 Å². The van der Waals surface area contributed by atoms with Gasteiger partial charge < -0.3 is 11.1 Å². The van der Waals surface area contributed by atoms with E-state index < -0.39 is 0 Å². The van der Waals surface area contributed by atoms with Gasteiger partial charge in [-0.3, -0.25) is 9.89 Å². The summed E-state index contributed by atoms with van der Waals surface area (Å²) in [5.41, 5.74) is 11.0. The molecule has 29 heavy (non-hydrogen) atoms. The van der Waals surface area contributed by atoms with E-state index in [1.165, 1.54) is 41.7 Å². The highest BCUT2D eigenvalue weighted by Crippen LogP contribution is 2.36. The molecule has 5 heteroatoms. The Kier molecular flexibility index (Phi) is 5.42. The first-order chi connectivity index (χ1) is 14.3. The molecule has 3 aliphatic rings. The summed E-state index contributed by atoms with van der Waals surface area (Å²) in [6, 6.07) is 8.70. The van der Waals surface area contributed by atoms with Gasteiger partial charge in [-0.15, -0.1) is 11.3 Å². The first-order valence-electron chi connectivity index (χ1n) is 11.0. The van der Waals surface area contributed by atoms with Crippen molar-refractivity contribution in [3.8, 4) is 0 Å². The lowest BCUT2D eigenvalue weighted by Gasteiger charge is -2.30. The number of aliphatic imine (C=N–C) groups is 1. The number of benzene rings is 1. The maximum absolute atomic E-state index is 5.81. The maximum atomic E-state index is 5.81. The molecule has 0 radical (unpaired) electrons. The SMILES string of the molecule is Nc1ccc(CN2CCC(N=C3NC=CCc4sc5c(c43)CCCC5)CC2)cc1. The van der Waals surface area contributed by atoms with Gasteiger partial charge >= 0.3 is 0 Å². The number of fused-ring (bicyclic) bond motifs is 3. The number of anilines is 1.